The molecule has 0 N–H and O–H groups in total. The second-order valence-corrected chi connectivity index (χ2v) is 9.18. The van der Waals surface area contributed by atoms with Crippen molar-refractivity contribution in [3.05, 3.63) is 56.2 Å². The number of fused-ring (bicyclic) bond motifs is 1. The van der Waals surface area contributed by atoms with Crippen LogP contribution in [0.2, 0.25) is 0 Å². The molecule has 0 aliphatic carbocycles. The normalized spacial score (nSPS) is 17.7. The minimum atomic E-state index is -0.492. The van der Waals surface area contributed by atoms with Gasteiger partial charge in [-0.1, -0.05) is 30.3 Å². The molecule has 0 bridgehead atoms. The largest absolute Gasteiger partial charge is 0.444 e. The predicted octanol–water partition coefficient (Wildman–Crippen LogP) is 5.39. The molecule has 122 valence electrons. The molecule has 0 saturated heterocycles. The monoisotopic (exact) mass is 393 g/mol. The number of amides is 1. The molecule has 1 aliphatic rings. The molecule has 1 unspecified atom stereocenters. The first-order valence-electron chi connectivity index (χ1n) is 7.68. The Morgan fingerprint density at radius 3 is 2.65 bits per heavy atom. The summed E-state index contributed by atoms with van der Waals surface area (Å²) in [4.78, 5) is 15.9. The van der Waals surface area contributed by atoms with Crippen molar-refractivity contribution in [1.82, 2.24) is 4.90 Å². The van der Waals surface area contributed by atoms with Crippen molar-refractivity contribution in [3.63, 3.8) is 0 Å². The van der Waals surface area contributed by atoms with E-state index in [9.17, 15) is 4.79 Å². The highest BCUT2D eigenvalue weighted by atomic mass is 79.9. The first-order chi connectivity index (χ1) is 10.8. The average molecular weight is 394 g/mol. The summed E-state index contributed by atoms with van der Waals surface area (Å²) >= 11 is 5.34. The van der Waals surface area contributed by atoms with E-state index in [4.69, 9.17) is 4.74 Å². The second-order valence-electron chi connectivity index (χ2n) is 6.67. The van der Waals surface area contributed by atoms with Gasteiger partial charge in [-0.2, -0.15) is 0 Å². The minimum absolute atomic E-state index is 0.0858. The summed E-state index contributed by atoms with van der Waals surface area (Å²) in [6.07, 6.45) is 0.619. The van der Waals surface area contributed by atoms with Gasteiger partial charge in [0, 0.05) is 11.4 Å². The third kappa shape index (κ3) is 3.61. The lowest BCUT2D eigenvalue weighted by Gasteiger charge is -2.37. The third-order valence-corrected chi connectivity index (χ3v) is 5.45. The van der Waals surface area contributed by atoms with Crippen molar-refractivity contribution in [3.8, 4) is 0 Å². The molecule has 3 nitrogen and oxygen atoms in total. The quantitative estimate of drug-likeness (QED) is 0.649. The smallest absolute Gasteiger partial charge is 0.411 e. The maximum Gasteiger partial charge on any atom is 0.411 e. The van der Waals surface area contributed by atoms with Gasteiger partial charge in [0.25, 0.3) is 0 Å². The summed E-state index contributed by atoms with van der Waals surface area (Å²) in [5.41, 5.74) is 1.82. The standard InChI is InChI=1S/C18H20BrNO2S/c1-18(2,3)22-17(21)20-10-9-14-13(11-15(19)23-14)16(20)12-7-5-4-6-8-12/h4-8,11,16H,9-10H2,1-3H3. The van der Waals surface area contributed by atoms with Crippen LogP contribution in [-0.4, -0.2) is 23.1 Å². The highest BCUT2D eigenvalue weighted by molar-refractivity contribution is 9.11. The van der Waals surface area contributed by atoms with E-state index in [1.54, 1.807) is 11.3 Å². The number of halogens is 1. The molecular formula is C18H20BrNO2S. The Bertz CT molecular complexity index is 706. The number of hydrogen-bond acceptors (Lipinski definition) is 3. The van der Waals surface area contributed by atoms with Gasteiger partial charge in [0.2, 0.25) is 0 Å². The first-order valence-corrected chi connectivity index (χ1v) is 9.29. The summed E-state index contributed by atoms with van der Waals surface area (Å²) in [5.74, 6) is 0. The molecule has 2 aromatic rings. The van der Waals surface area contributed by atoms with Crippen LogP contribution in [0.15, 0.2) is 40.2 Å². The van der Waals surface area contributed by atoms with E-state index in [-0.39, 0.29) is 12.1 Å². The SMILES string of the molecule is CC(C)(C)OC(=O)N1CCc2sc(Br)cc2C1c1ccccc1. The molecule has 1 aromatic heterocycles. The summed E-state index contributed by atoms with van der Waals surface area (Å²) in [6, 6.07) is 12.2. The maximum absolute atomic E-state index is 12.7. The Labute approximate surface area is 149 Å². The zero-order chi connectivity index (χ0) is 16.6. The van der Waals surface area contributed by atoms with Crippen LogP contribution >= 0.6 is 27.3 Å². The van der Waals surface area contributed by atoms with Gasteiger partial charge in [-0.3, -0.25) is 4.90 Å². The molecule has 23 heavy (non-hydrogen) atoms. The van der Waals surface area contributed by atoms with Crippen LogP contribution in [0.25, 0.3) is 0 Å². The molecular weight excluding hydrogens is 374 g/mol. The van der Waals surface area contributed by atoms with Crippen molar-refractivity contribution in [2.45, 2.75) is 38.8 Å². The van der Waals surface area contributed by atoms with Crippen molar-refractivity contribution in [2.24, 2.45) is 0 Å². The molecule has 3 rings (SSSR count). The van der Waals surface area contributed by atoms with Gasteiger partial charge < -0.3 is 4.74 Å². The van der Waals surface area contributed by atoms with Crippen LogP contribution in [0.4, 0.5) is 4.79 Å². The number of rotatable bonds is 1. The van der Waals surface area contributed by atoms with Crippen LogP contribution in [-0.2, 0) is 11.2 Å². The van der Waals surface area contributed by atoms with Crippen LogP contribution < -0.4 is 0 Å². The van der Waals surface area contributed by atoms with Gasteiger partial charge in [0.05, 0.1) is 9.83 Å². The molecule has 0 fully saturated rings. The summed E-state index contributed by atoms with van der Waals surface area (Å²) in [5, 5.41) is 0. The molecule has 5 heteroatoms. The van der Waals surface area contributed by atoms with E-state index in [0.717, 1.165) is 15.8 Å². The van der Waals surface area contributed by atoms with Crippen LogP contribution in [0, 0.1) is 0 Å². The summed E-state index contributed by atoms with van der Waals surface area (Å²) < 4.78 is 6.74. The van der Waals surface area contributed by atoms with E-state index < -0.39 is 5.60 Å². The number of carbonyl (C=O) groups is 1. The van der Waals surface area contributed by atoms with Crippen molar-refractivity contribution < 1.29 is 9.53 Å². The second kappa shape index (κ2) is 6.29. The topological polar surface area (TPSA) is 29.5 Å². The Kier molecular flexibility index (Phi) is 4.52. The fraction of sp³-hybridized carbons (Fsp3) is 0.389. The van der Waals surface area contributed by atoms with Crippen molar-refractivity contribution in [2.75, 3.05) is 6.54 Å². The number of thiophene rings is 1. The number of ether oxygens (including phenoxy) is 1. The first kappa shape index (κ1) is 16.5. The number of carbonyl (C=O) groups excluding carboxylic acids is 1. The van der Waals surface area contributed by atoms with Gasteiger partial charge >= 0.3 is 6.09 Å². The highest BCUT2D eigenvalue weighted by Crippen LogP contribution is 2.41. The third-order valence-electron chi connectivity index (χ3n) is 3.74. The predicted molar refractivity (Wildman–Crippen MR) is 96.9 cm³/mol. The van der Waals surface area contributed by atoms with E-state index in [2.05, 4.69) is 34.1 Å². The lowest BCUT2D eigenvalue weighted by atomic mass is 9.94. The average Bonchev–Trinajstić information content (AvgIpc) is 2.85. The highest BCUT2D eigenvalue weighted by Gasteiger charge is 2.35. The lowest BCUT2D eigenvalue weighted by Crippen LogP contribution is -2.43. The van der Waals surface area contributed by atoms with E-state index >= 15 is 0 Å². The van der Waals surface area contributed by atoms with Gasteiger partial charge in [-0.15, -0.1) is 11.3 Å². The minimum Gasteiger partial charge on any atom is -0.444 e. The fourth-order valence-electron chi connectivity index (χ4n) is 2.87. The molecule has 0 radical (unpaired) electrons. The number of benzene rings is 1. The zero-order valence-electron chi connectivity index (χ0n) is 13.5. The lowest BCUT2D eigenvalue weighted by molar-refractivity contribution is 0.0180. The van der Waals surface area contributed by atoms with E-state index in [0.29, 0.717) is 6.54 Å². The van der Waals surface area contributed by atoms with Gasteiger partial charge in [0.1, 0.15) is 5.60 Å². The zero-order valence-corrected chi connectivity index (χ0v) is 15.9. The van der Waals surface area contributed by atoms with Crippen LogP contribution in [0.1, 0.15) is 42.8 Å². The van der Waals surface area contributed by atoms with E-state index in [1.807, 2.05) is 43.9 Å². The molecule has 0 spiro atoms. The Balaban J connectivity index is 2.01. The van der Waals surface area contributed by atoms with Crippen molar-refractivity contribution >= 4 is 33.4 Å². The Morgan fingerprint density at radius 1 is 1.30 bits per heavy atom. The van der Waals surface area contributed by atoms with Crippen LogP contribution in [0.3, 0.4) is 0 Å². The molecule has 2 heterocycles. The number of nitrogens with zero attached hydrogens (tertiary/aromatic N) is 1. The summed E-state index contributed by atoms with van der Waals surface area (Å²) in [6.45, 7) is 6.38. The van der Waals surface area contributed by atoms with Gasteiger partial charge in [-0.25, -0.2) is 4.79 Å². The molecule has 0 saturated carbocycles. The van der Waals surface area contributed by atoms with E-state index in [1.165, 1.54) is 10.4 Å². The molecule has 1 amide bonds. The summed E-state index contributed by atoms with van der Waals surface area (Å²) in [7, 11) is 0. The maximum atomic E-state index is 12.7. The van der Waals surface area contributed by atoms with Crippen molar-refractivity contribution in [1.29, 1.82) is 0 Å². The van der Waals surface area contributed by atoms with Crippen LogP contribution in [0.5, 0.6) is 0 Å². The molecule has 1 aliphatic heterocycles. The number of hydrogen-bond donors (Lipinski definition) is 0. The molecule has 1 aromatic carbocycles. The van der Waals surface area contributed by atoms with Gasteiger partial charge in [-0.05, 0) is 60.3 Å². The Hall–Kier alpha value is -1.33. The van der Waals surface area contributed by atoms with Gasteiger partial charge in [0.15, 0.2) is 0 Å². The fourth-order valence-corrected chi connectivity index (χ4v) is 4.60. The Morgan fingerprint density at radius 2 is 2.00 bits per heavy atom. The molecule has 1 atom stereocenters.